The fourth-order valence-electron chi connectivity index (χ4n) is 1.22. The van der Waals surface area contributed by atoms with Crippen LogP contribution in [0.2, 0.25) is 0 Å². The average molecular weight is 247 g/mol. The molecule has 0 aliphatic heterocycles. The van der Waals surface area contributed by atoms with Crippen molar-refractivity contribution in [1.82, 2.24) is 4.90 Å². The number of ether oxygens (including phenoxy) is 1. The van der Waals surface area contributed by atoms with Crippen molar-refractivity contribution in [3.8, 4) is 6.07 Å². The molecule has 0 saturated heterocycles. The Morgan fingerprint density at radius 3 is 2.83 bits per heavy atom. The number of amides is 2. The zero-order valence-electron chi connectivity index (χ0n) is 10.1. The third kappa shape index (κ3) is 3.79. The number of hydrogen-bond acceptors (Lipinski definition) is 4. The Hall–Kier alpha value is -2.55. The van der Waals surface area contributed by atoms with E-state index in [0.29, 0.717) is 11.3 Å². The zero-order chi connectivity index (χ0) is 13.5. The van der Waals surface area contributed by atoms with Crippen LogP contribution in [-0.4, -0.2) is 37.6 Å². The highest BCUT2D eigenvalue weighted by atomic mass is 16.5. The van der Waals surface area contributed by atoms with E-state index in [2.05, 4.69) is 10.1 Å². The van der Waals surface area contributed by atoms with E-state index in [9.17, 15) is 9.59 Å². The second-order valence-corrected chi connectivity index (χ2v) is 3.55. The van der Waals surface area contributed by atoms with Gasteiger partial charge < -0.3 is 15.0 Å². The molecule has 0 bridgehead atoms. The van der Waals surface area contributed by atoms with Crippen LogP contribution in [0, 0.1) is 11.3 Å². The first-order valence-corrected chi connectivity index (χ1v) is 5.16. The lowest BCUT2D eigenvalue weighted by Gasteiger charge is -2.16. The van der Waals surface area contributed by atoms with Crippen LogP contribution >= 0.6 is 0 Å². The summed E-state index contributed by atoms with van der Waals surface area (Å²) in [5.74, 6) is -0.501. The van der Waals surface area contributed by atoms with E-state index in [1.165, 1.54) is 19.1 Å². The smallest absolute Gasteiger partial charge is 0.325 e. The van der Waals surface area contributed by atoms with Gasteiger partial charge in [-0.1, -0.05) is 6.07 Å². The molecule has 0 saturated carbocycles. The number of nitriles is 1. The summed E-state index contributed by atoms with van der Waals surface area (Å²) in [5.41, 5.74) is 0.944. The van der Waals surface area contributed by atoms with E-state index in [1.54, 1.807) is 24.3 Å². The van der Waals surface area contributed by atoms with Gasteiger partial charge in [-0.2, -0.15) is 5.26 Å². The van der Waals surface area contributed by atoms with Gasteiger partial charge in [0.15, 0.2) is 0 Å². The lowest BCUT2D eigenvalue weighted by Crippen LogP contribution is -2.35. The molecule has 1 aromatic carbocycles. The Labute approximate surface area is 105 Å². The van der Waals surface area contributed by atoms with Crippen LogP contribution in [-0.2, 0) is 9.53 Å². The number of carbonyl (C=O) groups excluding carboxylic acids is 2. The van der Waals surface area contributed by atoms with Crippen LogP contribution in [0.4, 0.5) is 10.5 Å². The van der Waals surface area contributed by atoms with E-state index in [4.69, 9.17) is 5.26 Å². The standard InChI is InChI=1S/C12H13N3O3/c1-15(8-11(16)18-2)12(17)14-10-5-3-4-9(6-10)7-13/h3-6H,8H2,1-2H3,(H,14,17). The summed E-state index contributed by atoms with van der Waals surface area (Å²) in [6.07, 6.45) is 0. The van der Waals surface area contributed by atoms with E-state index >= 15 is 0 Å². The fourth-order valence-corrected chi connectivity index (χ4v) is 1.22. The zero-order valence-corrected chi connectivity index (χ0v) is 10.1. The third-order valence-electron chi connectivity index (χ3n) is 2.18. The number of likely N-dealkylation sites (N-methyl/N-ethyl adjacent to an activating group) is 1. The number of urea groups is 1. The highest BCUT2D eigenvalue weighted by Gasteiger charge is 2.13. The Kier molecular flexibility index (Phi) is 4.69. The van der Waals surface area contributed by atoms with Crippen LogP contribution in [0.1, 0.15) is 5.56 Å². The Morgan fingerprint density at radius 2 is 2.22 bits per heavy atom. The molecule has 0 spiro atoms. The molecule has 0 aliphatic rings. The van der Waals surface area contributed by atoms with E-state index in [1.807, 2.05) is 6.07 Å². The topological polar surface area (TPSA) is 82.4 Å². The minimum absolute atomic E-state index is 0.139. The van der Waals surface area contributed by atoms with Crippen molar-refractivity contribution < 1.29 is 14.3 Å². The largest absolute Gasteiger partial charge is 0.468 e. The highest BCUT2D eigenvalue weighted by molar-refractivity contribution is 5.91. The van der Waals surface area contributed by atoms with Crippen molar-refractivity contribution in [2.75, 3.05) is 26.0 Å². The fraction of sp³-hybridized carbons (Fsp3) is 0.250. The van der Waals surface area contributed by atoms with Gasteiger partial charge in [0, 0.05) is 12.7 Å². The molecular weight excluding hydrogens is 234 g/mol. The van der Waals surface area contributed by atoms with E-state index < -0.39 is 12.0 Å². The van der Waals surface area contributed by atoms with Crippen LogP contribution < -0.4 is 5.32 Å². The lowest BCUT2D eigenvalue weighted by atomic mass is 10.2. The van der Waals surface area contributed by atoms with Crippen molar-refractivity contribution in [1.29, 1.82) is 5.26 Å². The Balaban J connectivity index is 2.64. The number of esters is 1. The van der Waals surface area contributed by atoms with Gasteiger partial charge in [-0.05, 0) is 18.2 Å². The molecule has 0 atom stereocenters. The number of nitrogens with zero attached hydrogens (tertiary/aromatic N) is 2. The molecule has 1 N–H and O–H groups in total. The first kappa shape index (κ1) is 13.5. The molecule has 0 aliphatic carbocycles. The summed E-state index contributed by atoms with van der Waals surface area (Å²) in [4.78, 5) is 23.9. The number of nitrogens with one attached hydrogen (secondary N) is 1. The summed E-state index contributed by atoms with van der Waals surface area (Å²) in [6, 6.07) is 8.02. The monoisotopic (exact) mass is 247 g/mol. The van der Waals surface area contributed by atoms with Crippen molar-refractivity contribution >= 4 is 17.7 Å². The summed E-state index contributed by atoms with van der Waals surface area (Å²) in [5, 5.41) is 11.3. The summed E-state index contributed by atoms with van der Waals surface area (Å²) >= 11 is 0. The number of benzene rings is 1. The molecule has 18 heavy (non-hydrogen) atoms. The molecule has 0 unspecified atom stereocenters. The molecule has 0 radical (unpaired) electrons. The second kappa shape index (κ2) is 6.25. The number of methoxy groups -OCH3 is 1. The predicted octanol–water partition coefficient (Wildman–Crippen LogP) is 1.19. The maximum Gasteiger partial charge on any atom is 0.325 e. The molecule has 2 amide bonds. The number of hydrogen-bond donors (Lipinski definition) is 1. The predicted molar refractivity (Wildman–Crippen MR) is 64.8 cm³/mol. The normalized spacial score (nSPS) is 9.17. The molecule has 1 rings (SSSR count). The third-order valence-corrected chi connectivity index (χ3v) is 2.18. The van der Waals surface area contributed by atoms with Crippen LogP contribution in [0.5, 0.6) is 0 Å². The van der Waals surface area contributed by atoms with E-state index in [-0.39, 0.29) is 6.54 Å². The van der Waals surface area contributed by atoms with Crippen molar-refractivity contribution in [2.24, 2.45) is 0 Å². The summed E-state index contributed by atoms with van der Waals surface area (Å²) in [7, 11) is 2.73. The average Bonchev–Trinajstić information content (AvgIpc) is 2.38. The minimum atomic E-state index is -0.501. The molecule has 0 fully saturated rings. The number of carbonyl (C=O) groups is 2. The van der Waals surface area contributed by atoms with Gasteiger partial charge in [0.2, 0.25) is 0 Å². The summed E-state index contributed by atoms with van der Waals surface area (Å²) < 4.78 is 4.45. The maximum absolute atomic E-state index is 11.7. The maximum atomic E-state index is 11.7. The number of rotatable bonds is 3. The molecule has 0 heterocycles. The van der Waals surface area contributed by atoms with Gasteiger partial charge >= 0.3 is 12.0 Å². The van der Waals surface area contributed by atoms with Gasteiger partial charge in [-0.3, -0.25) is 4.79 Å². The minimum Gasteiger partial charge on any atom is -0.468 e. The van der Waals surface area contributed by atoms with Crippen molar-refractivity contribution in [3.63, 3.8) is 0 Å². The Morgan fingerprint density at radius 1 is 1.50 bits per heavy atom. The van der Waals surface area contributed by atoms with Crippen LogP contribution in [0.3, 0.4) is 0 Å². The van der Waals surface area contributed by atoms with Crippen LogP contribution in [0.25, 0.3) is 0 Å². The lowest BCUT2D eigenvalue weighted by molar-refractivity contribution is -0.140. The van der Waals surface area contributed by atoms with Gasteiger partial charge in [-0.25, -0.2) is 4.79 Å². The second-order valence-electron chi connectivity index (χ2n) is 3.55. The van der Waals surface area contributed by atoms with Crippen molar-refractivity contribution in [3.05, 3.63) is 29.8 Å². The summed E-state index contributed by atoms with van der Waals surface area (Å²) in [6.45, 7) is -0.139. The first-order valence-electron chi connectivity index (χ1n) is 5.16. The van der Waals surface area contributed by atoms with Gasteiger partial charge in [0.25, 0.3) is 0 Å². The molecular formula is C12H13N3O3. The SMILES string of the molecule is COC(=O)CN(C)C(=O)Nc1cccc(C#N)c1. The molecule has 6 nitrogen and oxygen atoms in total. The molecule has 0 aromatic heterocycles. The highest BCUT2D eigenvalue weighted by Crippen LogP contribution is 2.10. The molecule has 94 valence electrons. The van der Waals surface area contributed by atoms with E-state index in [0.717, 1.165) is 0 Å². The van der Waals surface area contributed by atoms with Gasteiger partial charge in [0.1, 0.15) is 6.54 Å². The number of anilines is 1. The quantitative estimate of drug-likeness (QED) is 0.813. The molecule has 6 heteroatoms. The molecule has 1 aromatic rings. The van der Waals surface area contributed by atoms with Gasteiger partial charge in [0.05, 0.1) is 18.7 Å². The van der Waals surface area contributed by atoms with Crippen molar-refractivity contribution in [2.45, 2.75) is 0 Å². The van der Waals surface area contributed by atoms with Gasteiger partial charge in [-0.15, -0.1) is 0 Å². The van der Waals surface area contributed by atoms with Crippen LogP contribution in [0.15, 0.2) is 24.3 Å². The Bertz CT molecular complexity index is 494. The first-order chi connectivity index (χ1) is 8.56.